The van der Waals surface area contributed by atoms with Crippen LogP contribution < -0.4 is 4.74 Å². The summed E-state index contributed by atoms with van der Waals surface area (Å²) in [7, 11) is 1.68. The molecule has 3 heteroatoms. The van der Waals surface area contributed by atoms with Gasteiger partial charge in [-0.05, 0) is 47.4 Å². The van der Waals surface area contributed by atoms with E-state index in [9.17, 15) is 4.79 Å². The molecular formula is C19H19NO2. The first-order valence-electron chi connectivity index (χ1n) is 7.39. The van der Waals surface area contributed by atoms with E-state index in [1.165, 1.54) is 0 Å². The SMILES string of the molecule is COc1ccc(-c2cc3ccccn3c2C=O)cc1C(C)C. The molecule has 0 saturated heterocycles. The number of ether oxygens (including phenoxy) is 1. The Morgan fingerprint density at radius 2 is 1.95 bits per heavy atom. The topological polar surface area (TPSA) is 30.7 Å². The van der Waals surface area contributed by atoms with Crippen LogP contribution in [0.15, 0.2) is 48.7 Å². The van der Waals surface area contributed by atoms with Crippen molar-refractivity contribution in [2.75, 3.05) is 7.11 Å². The Morgan fingerprint density at radius 3 is 2.64 bits per heavy atom. The zero-order chi connectivity index (χ0) is 15.7. The van der Waals surface area contributed by atoms with Gasteiger partial charge >= 0.3 is 0 Å². The van der Waals surface area contributed by atoms with Crippen LogP contribution in [0.25, 0.3) is 16.6 Å². The van der Waals surface area contributed by atoms with Gasteiger partial charge in [0.2, 0.25) is 0 Å². The Labute approximate surface area is 130 Å². The van der Waals surface area contributed by atoms with Gasteiger partial charge in [0.05, 0.1) is 12.8 Å². The van der Waals surface area contributed by atoms with E-state index < -0.39 is 0 Å². The van der Waals surface area contributed by atoms with Crippen LogP contribution in [0.5, 0.6) is 5.75 Å². The molecule has 3 aromatic rings. The van der Waals surface area contributed by atoms with Crippen LogP contribution in [-0.2, 0) is 0 Å². The highest BCUT2D eigenvalue weighted by Gasteiger charge is 2.14. The highest BCUT2D eigenvalue weighted by molar-refractivity contribution is 5.90. The van der Waals surface area contributed by atoms with Crippen molar-refractivity contribution in [3.8, 4) is 16.9 Å². The molecule has 2 aromatic heterocycles. The van der Waals surface area contributed by atoms with Crippen LogP contribution in [0.4, 0.5) is 0 Å². The lowest BCUT2D eigenvalue weighted by Gasteiger charge is -2.13. The molecule has 3 rings (SSSR count). The standard InChI is InChI=1S/C19H19NO2/c1-13(2)16-10-14(7-8-19(16)22-3)17-11-15-6-4-5-9-20(15)18(17)12-21/h4-13H,1-3H3. The molecule has 0 N–H and O–H groups in total. The zero-order valence-corrected chi connectivity index (χ0v) is 13.0. The third-order valence-electron chi connectivity index (χ3n) is 3.99. The number of nitrogens with zero attached hydrogens (tertiary/aromatic N) is 1. The molecule has 2 heterocycles. The van der Waals surface area contributed by atoms with Gasteiger partial charge in [-0.3, -0.25) is 4.79 Å². The van der Waals surface area contributed by atoms with Gasteiger partial charge in [-0.25, -0.2) is 0 Å². The predicted molar refractivity (Wildman–Crippen MR) is 88.9 cm³/mol. The molecule has 0 unspecified atom stereocenters. The number of aldehydes is 1. The number of aromatic nitrogens is 1. The van der Waals surface area contributed by atoms with E-state index in [4.69, 9.17) is 4.74 Å². The third kappa shape index (κ3) is 2.29. The quantitative estimate of drug-likeness (QED) is 0.661. The molecule has 1 aromatic carbocycles. The van der Waals surface area contributed by atoms with Gasteiger partial charge in [0.1, 0.15) is 5.75 Å². The number of hydrogen-bond donors (Lipinski definition) is 0. The normalized spacial score (nSPS) is 11.1. The Balaban J connectivity index is 2.23. The molecule has 0 fully saturated rings. The summed E-state index contributed by atoms with van der Waals surface area (Å²) in [5.74, 6) is 1.24. The second kappa shape index (κ2) is 5.68. The number of carbonyl (C=O) groups excluding carboxylic acids is 1. The van der Waals surface area contributed by atoms with Crippen molar-refractivity contribution < 1.29 is 9.53 Å². The maximum absolute atomic E-state index is 11.6. The fraction of sp³-hybridized carbons (Fsp3) is 0.211. The van der Waals surface area contributed by atoms with Crippen molar-refractivity contribution in [1.82, 2.24) is 4.40 Å². The third-order valence-corrected chi connectivity index (χ3v) is 3.99. The number of benzene rings is 1. The predicted octanol–water partition coefficient (Wildman–Crippen LogP) is 4.55. The van der Waals surface area contributed by atoms with E-state index in [0.29, 0.717) is 11.6 Å². The first-order valence-corrected chi connectivity index (χ1v) is 7.39. The number of pyridine rings is 1. The summed E-state index contributed by atoms with van der Waals surface area (Å²) >= 11 is 0. The first-order chi connectivity index (χ1) is 10.7. The largest absolute Gasteiger partial charge is 0.496 e. The Morgan fingerprint density at radius 1 is 1.14 bits per heavy atom. The van der Waals surface area contributed by atoms with Crippen molar-refractivity contribution in [2.45, 2.75) is 19.8 Å². The number of rotatable bonds is 4. The van der Waals surface area contributed by atoms with E-state index >= 15 is 0 Å². The molecule has 0 saturated carbocycles. The molecule has 0 radical (unpaired) electrons. The number of methoxy groups -OCH3 is 1. The van der Waals surface area contributed by atoms with Crippen molar-refractivity contribution in [3.63, 3.8) is 0 Å². The van der Waals surface area contributed by atoms with Gasteiger partial charge in [-0.2, -0.15) is 0 Å². The zero-order valence-electron chi connectivity index (χ0n) is 13.0. The van der Waals surface area contributed by atoms with Crippen LogP contribution in [-0.4, -0.2) is 17.8 Å². The molecule has 0 aliphatic rings. The smallest absolute Gasteiger partial charge is 0.167 e. The second-order valence-corrected chi connectivity index (χ2v) is 5.67. The van der Waals surface area contributed by atoms with E-state index in [-0.39, 0.29) is 0 Å². The summed E-state index contributed by atoms with van der Waals surface area (Å²) in [6.45, 7) is 4.27. The van der Waals surface area contributed by atoms with E-state index in [0.717, 1.165) is 34.2 Å². The van der Waals surface area contributed by atoms with Crippen molar-refractivity contribution >= 4 is 11.8 Å². The lowest BCUT2D eigenvalue weighted by Crippen LogP contribution is -1.96. The minimum Gasteiger partial charge on any atom is -0.496 e. The highest BCUT2D eigenvalue weighted by atomic mass is 16.5. The van der Waals surface area contributed by atoms with Crippen molar-refractivity contribution in [3.05, 3.63) is 59.9 Å². The Bertz CT molecular complexity index is 831. The average molecular weight is 293 g/mol. The molecule has 3 nitrogen and oxygen atoms in total. The molecule has 0 spiro atoms. The molecule has 0 aliphatic carbocycles. The van der Waals surface area contributed by atoms with Crippen LogP contribution in [0.2, 0.25) is 0 Å². The fourth-order valence-electron chi connectivity index (χ4n) is 2.85. The molecule has 0 bridgehead atoms. The monoisotopic (exact) mass is 293 g/mol. The summed E-state index contributed by atoms with van der Waals surface area (Å²) in [6, 6.07) is 14.1. The minimum atomic E-state index is 0.353. The van der Waals surface area contributed by atoms with Crippen molar-refractivity contribution in [2.24, 2.45) is 0 Å². The van der Waals surface area contributed by atoms with Crippen LogP contribution in [0.1, 0.15) is 35.8 Å². The Hall–Kier alpha value is -2.55. The number of carbonyl (C=O) groups is 1. The summed E-state index contributed by atoms with van der Waals surface area (Å²) in [4.78, 5) is 11.6. The lowest BCUT2D eigenvalue weighted by molar-refractivity contribution is 0.111. The summed E-state index contributed by atoms with van der Waals surface area (Å²) in [5, 5.41) is 0. The van der Waals surface area contributed by atoms with Gasteiger partial charge in [-0.1, -0.05) is 26.0 Å². The van der Waals surface area contributed by atoms with E-state index in [2.05, 4.69) is 26.0 Å². The number of hydrogen-bond acceptors (Lipinski definition) is 2. The van der Waals surface area contributed by atoms with Crippen LogP contribution in [0.3, 0.4) is 0 Å². The molecule has 0 amide bonds. The van der Waals surface area contributed by atoms with E-state index in [1.807, 2.05) is 40.9 Å². The van der Waals surface area contributed by atoms with E-state index in [1.54, 1.807) is 7.11 Å². The summed E-state index contributed by atoms with van der Waals surface area (Å²) in [6.07, 6.45) is 2.83. The maximum atomic E-state index is 11.6. The van der Waals surface area contributed by atoms with Crippen LogP contribution in [0, 0.1) is 0 Å². The minimum absolute atomic E-state index is 0.353. The van der Waals surface area contributed by atoms with Gasteiger partial charge < -0.3 is 9.14 Å². The molecule has 112 valence electrons. The molecular weight excluding hydrogens is 274 g/mol. The van der Waals surface area contributed by atoms with Gasteiger partial charge in [0, 0.05) is 17.3 Å². The summed E-state index contributed by atoms with van der Waals surface area (Å²) in [5.41, 5.74) is 4.82. The highest BCUT2D eigenvalue weighted by Crippen LogP contribution is 2.33. The summed E-state index contributed by atoms with van der Waals surface area (Å²) < 4.78 is 7.36. The maximum Gasteiger partial charge on any atom is 0.167 e. The molecule has 22 heavy (non-hydrogen) atoms. The van der Waals surface area contributed by atoms with Crippen molar-refractivity contribution in [1.29, 1.82) is 0 Å². The van der Waals surface area contributed by atoms with Gasteiger partial charge in [-0.15, -0.1) is 0 Å². The van der Waals surface area contributed by atoms with Gasteiger partial charge in [0.25, 0.3) is 0 Å². The molecule has 0 aliphatic heterocycles. The fourth-order valence-corrected chi connectivity index (χ4v) is 2.85. The average Bonchev–Trinajstić information content (AvgIpc) is 2.92. The first kappa shape index (κ1) is 14.4. The van der Waals surface area contributed by atoms with Gasteiger partial charge in [0.15, 0.2) is 6.29 Å². The lowest BCUT2D eigenvalue weighted by atomic mass is 9.96. The second-order valence-electron chi connectivity index (χ2n) is 5.67. The van der Waals surface area contributed by atoms with Crippen LogP contribution >= 0.6 is 0 Å². The molecule has 0 atom stereocenters. The Kier molecular flexibility index (Phi) is 3.72. The number of fused-ring (bicyclic) bond motifs is 1.